The highest BCUT2D eigenvalue weighted by atomic mass is 16.6. The van der Waals surface area contributed by atoms with Crippen LogP contribution in [-0.2, 0) is 4.79 Å². The van der Waals surface area contributed by atoms with Crippen LogP contribution in [0.3, 0.4) is 0 Å². The second kappa shape index (κ2) is 8.87. The van der Waals surface area contributed by atoms with Gasteiger partial charge in [-0.2, -0.15) is 0 Å². The van der Waals surface area contributed by atoms with E-state index in [0.717, 1.165) is 0 Å². The van der Waals surface area contributed by atoms with Gasteiger partial charge in [0.1, 0.15) is 18.8 Å². The van der Waals surface area contributed by atoms with Crippen molar-refractivity contribution in [3.05, 3.63) is 27.8 Å². The Morgan fingerprint density at radius 3 is 2.54 bits per heavy atom. The molecule has 1 saturated heterocycles. The Bertz CT molecular complexity index is 769. The third kappa shape index (κ3) is 4.50. The summed E-state index contributed by atoms with van der Waals surface area (Å²) < 4.78 is 10.9. The van der Waals surface area contributed by atoms with Crippen LogP contribution in [0.1, 0.15) is 23.7 Å². The molecule has 2 aliphatic rings. The summed E-state index contributed by atoms with van der Waals surface area (Å²) in [5, 5.41) is 14.2. The number of ether oxygens (including phenoxy) is 2. The summed E-state index contributed by atoms with van der Waals surface area (Å²) >= 11 is 0. The van der Waals surface area contributed by atoms with E-state index in [1.807, 2.05) is 11.8 Å². The average molecular weight is 392 g/mol. The molecule has 1 aromatic carbocycles. The molecule has 0 radical (unpaired) electrons. The Labute approximate surface area is 162 Å². The Morgan fingerprint density at radius 1 is 1.14 bits per heavy atom. The third-order valence-corrected chi connectivity index (χ3v) is 4.70. The highest BCUT2D eigenvalue weighted by Crippen LogP contribution is 2.37. The summed E-state index contributed by atoms with van der Waals surface area (Å²) in [5.41, 5.74) is -0.302. The smallest absolute Gasteiger partial charge is 0.286 e. The van der Waals surface area contributed by atoms with Crippen LogP contribution in [0.15, 0.2) is 12.1 Å². The van der Waals surface area contributed by atoms with E-state index in [4.69, 9.17) is 9.47 Å². The van der Waals surface area contributed by atoms with Gasteiger partial charge in [0, 0.05) is 38.8 Å². The fraction of sp³-hybridized carbons (Fsp3) is 0.556. The second-order valence-corrected chi connectivity index (χ2v) is 6.65. The molecular formula is C18H24N4O6. The van der Waals surface area contributed by atoms with Crippen LogP contribution in [0.2, 0.25) is 0 Å². The molecule has 0 bridgehead atoms. The summed E-state index contributed by atoms with van der Waals surface area (Å²) in [7, 11) is 0. The number of nitrogens with zero attached hydrogens (tertiary/aromatic N) is 3. The quantitative estimate of drug-likeness (QED) is 0.578. The maximum absolute atomic E-state index is 13.0. The SMILES string of the molecule is CCNC(=O)CN1CCCN(C(=O)c2cc3c(cc2[N+](=O)[O-])OCCO3)CC1. The van der Waals surface area contributed by atoms with E-state index in [9.17, 15) is 19.7 Å². The number of likely N-dealkylation sites (N-methyl/N-ethyl adjacent to an activating group) is 1. The summed E-state index contributed by atoms with van der Waals surface area (Å²) in [6.07, 6.45) is 0.684. The lowest BCUT2D eigenvalue weighted by Crippen LogP contribution is -2.40. The number of benzene rings is 1. The van der Waals surface area contributed by atoms with Gasteiger partial charge in [-0.3, -0.25) is 24.6 Å². The Hall–Kier alpha value is -2.88. The first-order chi connectivity index (χ1) is 13.5. The maximum Gasteiger partial charge on any atom is 0.286 e. The molecule has 0 saturated carbocycles. The van der Waals surface area contributed by atoms with Crippen molar-refractivity contribution in [2.45, 2.75) is 13.3 Å². The van der Waals surface area contributed by atoms with E-state index >= 15 is 0 Å². The summed E-state index contributed by atoms with van der Waals surface area (Å²) in [6, 6.07) is 2.65. The van der Waals surface area contributed by atoms with Crippen LogP contribution in [0.5, 0.6) is 11.5 Å². The third-order valence-electron chi connectivity index (χ3n) is 4.70. The Kier molecular flexibility index (Phi) is 6.30. The van der Waals surface area contributed by atoms with Gasteiger partial charge in [-0.15, -0.1) is 0 Å². The molecule has 0 aromatic heterocycles. The first kappa shape index (κ1) is 19.9. The van der Waals surface area contributed by atoms with E-state index in [-0.39, 0.29) is 29.5 Å². The van der Waals surface area contributed by atoms with Crippen molar-refractivity contribution in [1.29, 1.82) is 0 Å². The molecule has 2 heterocycles. The summed E-state index contributed by atoms with van der Waals surface area (Å²) in [6.45, 7) is 5.43. The van der Waals surface area contributed by atoms with E-state index in [2.05, 4.69) is 5.32 Å². The monoisotopic (exact) mass is 392 g/mol. The van der Waals surface area contributed by atoms with Crippen molar-refractivity contribution < 1.29 is 24.0 Å². The van der Waals surface area contributed by atoms with E-state index < -0.39 is 10.8 Å². The fourth-order valence-corrected chi connectivity index (χ4v) is 3.36. The molecule has 1 N–H and O–H groups in total. The molecular weight excluding hydrogens is 368 g/mol. The van der Waals surface area contributed by atoms with Gasteiger partial charge in [-0.05, 0) is 13.3 Å². The lowest BCUT2D eigenvalue weighted by molar-refractivity contribution is -0.385. The van der Waals surface area contributed by atoms with E-state index in [1.165, 1.54) is 12.1 Å². The Balaban J connectivity index is 1.75. The van der Waals surface area contributed by atoms with Crippen LogP contribution in [0.4, 0.5) is 5.69 Å². The highest BCUT2D eigenvalue weighted by Gasteiger charge is 2.30. The molecule has 3 rings (SSSR count). The molecule has 0 aliphatic carbocycles. The van der Waals surface area contributed by atoms with Gasteiger partial charge in [0.2, 0.25) is 5.91 Å². The van der Waals surface area contributed by atoms with Crippen molar-refractivity contribution in [2.75, 3.05) is 52.5 Å². The van der Waals surface area contributed by atoms with Crippen LogP contribution in [0, 0.1) is 10.1 Å². The summed E-state index contributed by atoms with van der Waals surface area (Å²) in [5.74, 6) is 0.152. The molecule has 0 spiro atoms. The van der Waals surface area contributed by atoms with E-state index in [0.29, 0.717) is 58.1 Å². The number of nitrogens with one attached hydrogen (secondary N) is 1. The molecule has 1 aromatic rings. The zero-order valence-corrected chi connectivity index (χ0v) is 15.8. The number of hydrogen-bond donors (Lipinski definition) is 1. The number of fused-ring (bicyclic) bond motifs is 1. The maximum atomic E-state index is 13.0. The van der Waals surface area contributed by atoms with Crippen LogP contribution in [0.25, 0.3) is 0 Å². The minimum atomic E-state index is -0.579. The number of hydrogen-bond acceptors (Lipinski definition) is 7. The fourth-order valence-electron chi connectivity index (χ4n) is 3.36. The molecule has 0 unspecified atom stereocenters. The largest absolute Gasteiger partial charge is 0.486 e. The lowest BCUT2D eigenvalue weighted by Gasteiger charge is -2.23. The molecule has 152 valence electrons. The second-order valence-electron chi connectivity index (χ2n) is 6.65. The van der Waals surface area contributed by atoms with Crippen LogP contribution >= 0.6 is 0 Å². The van der Waals surface area contributed by atoms with E-state index in [1.54, 1.807) is 4.90 Å². The topological polar surface area (TPSA) is 114 Å². The number of carbonyl (C=O) groups excluding carboxylic acids is 2. The molecule has 10 heteroatoms. The van der Waals surface area contributed by atoms with Gasteiger partial charge in [-0.1, -0.05) is 0 Å². The van der Waals surface area contributed by atoms with Crippen LogP contribution in [-0.4, -0.2) is 79.0 Å². The normalized spacial score (nSPS) is 17.0. The molecule has 2 aliphatic heterocycles. The summed E-state index contributed by atoms with van der Waals surface area (Å²) in [4.78, 5) is 39.3. The number of carbonyl (C=O) groups is 2. The number of rotatable bonds is 5. The first-order valence-corrected chi connectivity index (χ1v) is 9.36. The number of nitro benzene ring substituents is 1. The van der Waals surface area contributed by atoms with Crippen molar-refractivity contribution in [2.24, 2.45) is 0 Å². The van der Waals surface area contributed by atoms with Gasteiger partial charge >= 0.3 is 0 Å². The van der Waals surface area contributed by atoms with Gasteiger partial charge in [0.05, 0.1) is 17.5 Å². The van der Waals surface area contributed by atoms with Crippen molar-refractivity contribution in [3.8, 4) is 11.5 Å². The molecule has 0 atom stereocenters. The zero-order valence-electron chi connectivity index (χ0n) is 15.8. The van der Waals surface area contributed by atoms with Crippen molar-refractivity contribution in [3.63, 3.8) is 0 Å². The minimum Gasteiger partial charge on any atom is -0.486 e. The van der Waals surface area contributed by atoms with Gasteiger partial charge in [0.15, 0.2) is 11.5 Å². The molecule has 10 nitrogen and oxygen atoms in total. The van der Waals surface area contributed by atoms with Crippen molar-refractivity contribution >= 4 is 17.5 Å². The molecule has 2 amide bonds. The standard InChI is InChI=1S/C18H24N4O6/c1-2-19-17(23)12-20-4-3-5-21(7-6-20)18(24)13-10-15-16(28-9-8-27-15)11-14(13)22(25)26/h10-11H,2-9,12H2,1H3,(H,19,23). The predicted octanol–water partition coefficient (Wildman–Crippen LogP) is 0.650. The predicted molar refractivity (Wildman–Crippen MR) is 99.7 cm³/mol. The molecule has 1 fully saturated rings. The average Bonchev–Trinajstić information content (AvgIpc) is 2.92. The molecule has 28 heavy (non-hydrogen) atoms. The zero-order chi connectivity index (χ0) is 20.1. The Morgan fingerprint density at radius 2 is 1.86 bits per heavy atom. The highest BCUT2D eigenvalue weighted by molar-refractivity contribution is 5.99. The van der Waals surface area contributed by atoms with Crippen LogP contribution < -0.4 is 14.8 Å². The van der Waals surface area contributed by atoms with Gasteiger partial charge < -0.3 is 19.7 Å². The van der Waals surface area contributed by atoms with Gasteiger partial charge in [-0.25, -0.2) is 0 Å². The van der Waals surface area contributed by atoms with Crippen molar-refractivity contribution in [1.82, 2.24) is 15.1 Å². The minimum absolute atomic E-state index is 0.00794. The lowest BCUT2D eigenvalue weighted by atomic mass is 10.1. The number of amides is 2. The van der Waals surface area contributed by atoms with Gasteiger partial charge in [0.25, 0.3) is 11.6 Å². The number of nitro groups is 1. The first-order valence-electron chi connectivity index (χ1n) is 9.36.